The zero-order valence-corrected chi connectivity index (χ0v) is 13.3. The molecule has 0 saturated carbocycles. The Labute approximate surface area is 134 Å². The fourth-order valence-corrected chi connectivity index (χ4v) is 2.75. The molecule has 1 atom stereocenters. The van der Waals surface area contributed by atoms with Crippen molar-refractivity contribution in [3.63, 3.8) is 0 Å². The molecule has 0 N–H and O–H groups in total. The average molecular weight is 327 g/mol. The van der Waals surface area contributed by atoms with Crippen LogP contribution in [0.5, 0.6) is 0 Å². The maximum atomic E-state index is 12.7. The van der Waals surface area contributed by atoms with Gasteiger partial charge in [0, 0.05) is 26.2 Å². The molecule has 0 unspecified atom stereocenters. The summed E-state index contributed by atoms with van der Waals surface area (Å²) in [6, 6.07) is 0. The second-order valence-corrected chi connectivity index (χ2v) is 5.81. The molecule has 2 saturated heterocycles. The van der Waals surface area contributed by atoms with E-state index < -0.39 is 0 Å². The van der Waals surface area contributed by atoms with E-state index in [1.807, 2.05) is 11.8 Å². The third-order valence-electron chi connectivity index (χ3n) is 3.76. The Kier molecular flexibility index (Phi) is 4.75. The molecule has 7 nitrogen and oxygen atoms in total. The van der Waals surface area contributed by atoms with Gasteiger partial charge in [-0.3, -0.25) is 4.79 Å². The first-order chi connectivity index (χ1) is 10.6. The van der Waals surface area contributed by atoms with Gasteiger partial charge in [0.15, 0.2) is 5.69 Å². The van der Waals surface area contributed by atoms with Gasteiger partial charge in [-0.1, -0.05) is 11.6 Å². The largest absolute Gasteiger partial charge is 0.378 e. The Morgan fingerprint density at radius 2 is 2.09 bits per heavy atom. The summed E-state index contributed by atoms with van der Waals surface area (Å²) in [6.07, 6.45) is 1.52. The number of anilines is 1. The maximum Gasteiger partial charge on any atom is 0.274 e. The van der Waals surface area contributed by atoms with Gasteiger partial charge in [-0.25, -0.2) is 9.97 Å². The van der Waals surface area contributed by atoms with Crippen LogP contribution in [0.25, 0.3) is 0 Å². The lowest BCUT2D eigenvalue weighted by molar-refractivity contribution is -0.0126. The van der Waals surface area contributed by atoms with Gasteiger partial charge in [0.05, 0.1) is 37.1 Å². The molecule has 0 aromatic carbocycles. The molecule has 2 aliphatic rings. The van der Waals surface area contributed by atoms with Crippen LogP contribution in [0.1, 0.15) is 17.4 Å². The Bertz CT molecular complexity index is 551. The summed E-state index contributed by atoms with van der Waals surface area (Å²) >= 11 is 6.14. The molecule has 8 heteroatoms. The normalized spacial score (nSPS) is 22.7. The van der Waals surface area contributed by atoms with E-state index in [1.165, 1.54) is 6.20 Å². The Morgan fingerprint density at radius 3 is 2.82 bits per heavy atom. The van der Waals surface area contributed by atoms with Crippen LogP contribution < -0.4 is 4.90 Å². The van der Waals surface area contributed by atoms with Crippen LogP contribution in [0, 0.1) is 0 Å². The molecule has 120 valence electrons. The molecule has 0 bridgehead atoms. The molecule has 2 aliphatic heterocycles. The van der Waals surface area contributed by atoms with Crippen LogP contribution in [-0.4, -0.2) is 72.9 Å². The molecule has 2 fully saturated rings. The molecule has 22 heavy (non-hydrogen) atoms. The highest BCUT2D eigenvalue weighted by Gasteiger charge is 2.26. The minimum atomic E-state index is -0.169. The van der Waals surface area contributed by atoms with Gasteiger partial charge in [0.1, 0.15) is 0 Å². The van der Waals surface area contributed by atoms with Gasteiger partial charge < -0.3 is 19.3 Å². The zero-order chi connectivity index (χ0) is 15.5. The fourth-order valence-electron chi connectivity index (χ4n) is 2.58. The number of hydrogen-bond acceptors (Lipinski definition) is 6. The quantitative estimate of drug-likeness (QED) is 0.802. The molecule has 0 radical (unpaired) electrons. The van der Waals surface area contributed by atoms with Crippen molar-refractivity contribution in [2.24, 2.45) is 0 Å². The lowest BCUT2D eigenvalue weighted by Crippen LogP contribution is -2.45. The lowest BCUT2D eigenvalue weighted by atomic mass is 10.2. The number of morpholine rings is 2. The van der Waals surface area contributed by atoms with E-state index in [0.29, 0.717) is 51.9 Å². The topological polar surface area (TPSA) is 67.8 Å². The van der Waals surface area contributed by atoms with Gasteiger partial charge >= 0.3 is 0 Å². The summed E-state index contributed by atoms with van der Waals surface area (Å²) in [5, 5.41) is 0.279. The summed E-state index contributed by atoms with van der Waals surface area (Å²) in [7, 11) is 0. The number of halogens is 1. The number of hydrogen-bond donors (Lipinski definition) is 0. The number of nitrogens with zero attached hydrogens (tertiary/aromatic N) is 4. The summed E-state index contributed by atoms with van der Waals surface area (Å²) < 4.78 is 10.8. The number of rotatable bonds is 2. The summed E-state index contributed by atoms with van der Waals surface area (Å²) in [6.45, 7) is 6.27. The van der Waals surface area contributed by atoms with Crippen molar-refractivity contribution >= 4 is 23.5 Å². The maximum absolute atomic E-state index is 12.7. The fraction of sp³-hybridized carbons (Fsp3) is 0.643. The van der Waals surface area contributed by atoms with E-state index in [-0.39, 0.29) is 22.7 Å². The molecule has 1 amide bonds. The van der Waals surface area contributed by atoms with Crippen LogP contribution in [0.2, 0.25) is 5.02 Å². The molecule has 1 aromatic rings. The smallest absolute Gasteiger partial charge is 0.274 e. The first kappa shape index (κ1) is 15.5. The zero-order valence-electron chi connectivity index (χ0n) is 12.5. The van der Waals surface area contributed by atoms with Crippen molar-refractivity contribution in [3.05, 3.63) is 16.9 Å². The molecule has 0 aliphatic carbocycles. The van der Waals surface area contributed by atoms with Crippen molar-refractivity contribution in [1.82, 2.24) is 14.9 Å². The van der Waals surface area contributed by atoms with Gasteiger partial charge in [0.25, 0.3) is 5.91 Å². The minimum absolute atomic E-state index is 0.0250. The number of ether oxygens (including phenoxy) is 2. The van der Waals surface area contributed by atoms with Crippen molar-refractivity contribution < 1.29 is 14.3 Å². The van der Waals surface area contributed by atoms with Crippen LogP contribution >= 0.6 is 11.6 Å². The molecule has 3 rings (SSSR count). The minimum Gasteiger partial charge on any atom is -0.378 e. The van der Waals surface area contributed by atoms with Crippen molar-refractivity contribution in [1.29, 1.82) is 0 Å². The third kappa shape index (κ3) is 3.31. The highest BCUT2D eigenvalue weighted by molar-refractivity contribution is 6.33. The highest BCUT2D eigenvalue weighted by atomic mass is 35.5. The number of amides is 1. The van der Waals surface area contributed by atoms with Crippen LogP contribution in [0.15, 0.2) is 6.20 Å². The highest BCUT2D eigenvalue weighted by Crippen LogP contribution is 2.20. The Morgan fingerprint density at radius 1 is 1.32 bits per heavy atom. The van der Waals surface area contributed by atoms with Gasteiger partial charge in [-0.15, -0.1) is 0 Å². The predicted octanol–water partition coefficient (Wildman–Crippen LogP) is 0.827. The first-order valence-corrected chi connectivity index (χ1v) is 7.79. The van der Waals surface area contributed by atoms with Crippen molar-refractivity contribution in [3.8, 4) is 0 Å². The Hall–Kier alpha value is -1.44. The van der Waals surface area contributed by atoms with E-state index in [2.05, 4.69) is 9.97 Å². The average Bonchev–Trinajstić information content (AvgIpc) is 2.55. The summed E-state index contributed by atoms with van der Waals surface area (Å²) in [4.78, 5) is 25.0. The van der Waals surface area contributed by atoms with E-state index in [0.717, 1.165) is 0 Å². The monoisotopic (exact) mass is 326 g/mol. The SMILES string of the molecule is C[C@H]1CN(C(=O)c2nc(N3CCOCC3)ncc2Cl)CCO1. The van der Waals surface area contributed by atoms with Gasteiger partial charge in [-0.05, 0) is 6.92 Å². The third-order valence-corrected chi connectivity index (χ3v) is 4.03. The number of carbonyl (C=O) groups is 1. The van der Waals surface area contributed by atoms with Crippen LogP contribution in [-0.2, 0) is 9.47 Å². The van der Waals surface area contributed by atoms with Gasteiger partial charge in [-0.2, -0.15) is 0 Å². The van der Waals surface area contributed by atoms with Gasteiger partial charge in [0.2, 0.25) is 5.95 Å². The first-order valence-electron chi connectivity index (χ1n) is 7.41. The molecule has 1 aromatic heterocycles. The van der Waals surface area contributed by atoms with Crippen LogP contribution in [0.4, 0.5) is 5.95 Å². The van der Waals surface area contributed by atoms with E-state index in [1.54, 1.807) is 4.90 Å². The number of aromatic nitrogens is 2. The summed E-state index contributed by atoms with van der Waals surface area (Å²) in [5.41, 5.74) is 0.257. The molecular weight excluding hydrogens is 308 g/mol. The van der Waals surface area contributed by atoms with Crippen molar-refractivity contribution in [2.45, 2.75) is 13.0 Å². The second-order valence-electron chi connectivity index (χ2n) is 5.40. The van der Waals surface area contributed by atoms with Crippen LogP contribution in [0.3, 0.4) is 0 Å². The number of carbonyl (C=O) groups excluding carboxylic acids is 1. The molecule has 0 spiro atoms. The van der Waals surface area contributed by atoms with E-state index in [9.17, 15) is 4.79 Å². The Balaban J connectivity index is 1.81. The van der Waals surface area contributed by atoms with Crippen molar-refractivity contribution in [2.75, 3.05) is 50.9 Å². The molecule has 3 heterocycles. The summed E-state index contributed by atoms with van der Waals surface area (Å²) in [5.74, 6) is 0.356. The molecular formula is C14H19ClN4O3. The second kappa shape index (κ2) is 6.76. The standard InChI is InChI=1S/C14H19ClN4O3/c1-10-9-19(4-7-22-10)13(20)12-11(15)8-16-14(17-12)18-2-5-21-6-3-18/h8,10H,2-7,9H2,1H3/t10-/m0/s1. The predicted molar refractivity (Wildman–Crippen MR) is 81.4 cm³/mol. The van der Waals surface area contributed by atoms with E-state index in [4.69, 9.17) is 21.1 Å². The van der Waals surface area contributed by atoms with E-state index >= 15 is 0 Å². The lowest BCUT2D eigenvalue weighted by Gasteiger charge is -2.31.